The smallest absolute Gasteiger partial charge is 0.306 e. The van der Waals surface area contributed by atoms with E-state index in [0.29, 0.717) is 66.9 Å². The molecule has 0 bridgehead atoms. The highest BCUT2D eigenvalue weighted by Gasteiger charge is 2.39. The summed E-state index contributed by atoms with van der Waals surface area (Å²) in [5.41, 5.74) is 5.28. The van der Waals surface area contributed by atoms with Crippen molar-refractivity contribution in [3.05, 3.63) is 60.3 Å². The normalized spacial score (nSPS) is 23.0. The summed E-state index contributed by atoms with van der Waals surface area (Å²) in [5.74, 6) is 5.78. The molecule has 2 fully saturated rings. The summed E-state index contributed by atoms with van der Waals surface area (Å²) in [7, 11) is 1.63. The van der Waals surface area contributed by atoms with Gasteiger partial charge in [-0.15, -0.1) is 20.4 Å². The second kappa shape index (κ2) is 15.0. The largest absolute Gasteiger partial charge is 0.466 e. The number of rotatable bonds is 11. The second-order valence-corrected chi connectivity index (χ2v) is 14.4. The van der Waals surface area contributed by atoms with Crippen molar-refractivity contribution in [2.75, 3.05) is 13.7 Å². The Morgan fingerprint density at radius 3 is 1.98 bits per heavy atom. The van der Waals surface area contributed by atoms with E-state index < -0.39 is 0 Å². The average molecular weight is 723 g/mol. The average Bonchev–Trinajstić information content (AvgIpc) is 4.01. The van der Waals surface area contributed by atoms with Crippen molar-refractivity contribution in [3.63, 3.8) is 0 Å². The highest BCUT2D eigenvalue weighted by atomic mass is 16.5. The highest BCUT2D eigenvalue weighted by molar-refractivity contribution is 5.75. The van der Waals surface area contributed by atoms with Crippen LogP contribution in [0.4, 0.5) is 0 Å². The first-order valence-electron chi connectivity index (χ1n) is 18.8. The fourth-order valence-electron chi connectivity index (χ4n) is 8.89. The SMILES string of the molecule is CCOC(=O)C[C@@H]1CC(c2nnc3cnc4[nH]ccc4n23)[C@H](CC)C1.CC[C@@H]1C[C@H](Cc2nc(COC)no2)CC1c1nnc2cnc3[nH]ccc3n12. The number of methoxy groups -OCH3 is 1. The molecular formula is C37H46N12O4. The molecule has 278 valence electrons. The number of ether oxygens (including phenoxy) is 2. The van der Waals surface area contributed by atoms with E-state index in [0.717, 1.165) is 90.2 Å². The Morgan fingerprint density at radius 1 is 0.830 bits per heavy atom. The van der Waals surface area contributed by atoms with Crippen molar-refractivity contribution in [2.24, 2.45) is 23.7 Å². The van der Waals surface area contributed by atoms with Gasteiger partial charge in [-0.05, 0) is 68.4 Å². The van der Waals surface area contributed by atoms with Crippen LogP contribution in [-0.2, 0) is 27.3 Å². The predicted molar refractivity (Wildman–Crippen MR) is 194 cm³/mol. The van der Waals surface area contributed by atoms with Crippen molar-refractivity contribution in [1.29, 1.82) is 0 Å². The molecular weight excluding hydrogens is 676 g/mol. The molecule has 2 N–H and O–H groups in total. The number of hydrogen-bond donors (Lipinski definition) is 2. The number of aromatic nitrogens is 12. The van der Waals surface area contributed by atoms with Crippen LogP contribution in [0.5, 0.6) is 0 Å². The molecule has 9 rings (SSSR count). The van der Waals surface area contributed by atoms with Crippen molar-refractivity contribution in [3.8, 4) is 0 Å². The fraction of sp³-hybridized carbons (Fsp3) is 0.541. The number of nitrogens with zero attached hydrogens (tertiary/aromatic N) is 10. The molecule has 2 unspecified atom stereocenters. The maximum atomic E-state index is 11.9. The number of fused-ring (bicyclic) bond motifs is 6. The molecule has 53 heavy (non-hydrogen) atoms. The van der Waals surface area contributed by atoms with E-state index in [9.17, 15) is 4.79 Å². The summed E-state index contributed by atoms with van der Waals surface area (Å²) in [6.45, 7) is 7.13. The van der Waals surface area contributed by atoms with E-state index in [4.69, 9.17) is 14.0 Å². The standard InChI is InChI=1S/C19H23N7O2.C18H23N5O2/c1-3-12-6-11(8-17-22-15(10-27-2)25-28-17)7-13(12)19-24-23-16-9-21-18-14(26(16)19)4-5-20-18;1-3-12-7-11(9-16(24)25-4-2)8-13(12)18-22-21-15-10-20-17-14(23(15)18)5-6-19-17/h4-5,9,11-13,20H,3,6-8,10H2,1-2H3;5-6,10-13,19H,3-4,7-9H2,1-2H3/t2*11-,12+,13?/m00/s1. The van der Waals surface area contributed by atoms with Gasteiger partial charge < -0.3 is 24.0 Å². The zero-order valence-electron chi connectivity index (χ0n) is 30.6. The maximum absolute atomic E-state index is 11.9. The zero-order chi connectivity index (χ0) is 36.5. The van der Waals surface area contributed by atoms with Crippen LogP contribution >= 0.6 is 0 Å². The Morgan fingerprint density at radius 2 is 1.42 bits per heavy atom. The molecule has 0 spiro atoms. The highest BCUT2D eigenvalue weighted by Crippen LogP contribution is 2.47. The molecule has 0 aromatic carbocycles. The Bertz CT molecular complexity index is 2320. The van der Waals surface area contributed by atoms with Gasteiger partial charge >= 0.3 is 5.97 Å². The number of carbonyl (C=O) groups excluding carboxylic acids is 1. The van der Waals surface area contributed by atoms with Crippen molar-refractivity contribution in [2.45, 2.75) is 90.6 Å². The van der Waals surface area contributed by atoms with Crippen molar-refractivity contribution >= 4 is 39.6 Å². The van der Waals surface area contributed by atoms with Crippen molar-refractivity contribution < 1.29 is 18.8 Å². The lowest BCUT2D eigenvalue weighted by atomic mass is 9.93. The first-order valence-corrected chi connectivity index (χ1v) is 18.8. The van der Waals surface area contributed by atoms with Gasteiger partial charge in [-0.1, -0.05) is 31.8 Å². The Hall–Kier alpha value is -5.25. The molecule has 0 amide bonds. The lowest BCUT2D eigenvalue weighted by Crippen LogP contribution is -2.10. The third kappa shape index (κ3) is 6.75. The van der Waals surface area contributed by atoms with Gasteiger partial charge in [-0.3, -0.25) is 13.6 Å². The van der Waals surface area contributed by atoms with Crippen LogP contribution in [0.25, 0.3) is 33.6 Å². The van der Waals surface area contributed by atoms with Crippen LogP contribution < -0.4 is 0 Å². The molecule has 7 aromatic heterocycles. The third-order valence-electron chi connectivity index (χ3n) is 11.2. The molecule has 16 nitrogen and oxygen atoms in total. The van der Waals surface area contributed by atoms with Gasteiger partial charge in [0.05, 0.1) is 30.0 Å². The van der Waals surface area contributed by atoms with Gasteiger partial charge in [0, 0.05) is 44.2 Å². The van der Waals surface area contributed by atoms with Gasteiger partial charge in [0.15, 0.2) is 28.4 Å². The maximum Gasteiger partial charge on any atom is 0.306 e. The van der Waals surface area contributed by atoms with Gasteiger partial charge in [0.2, 0.25) is 5.89 Å². The number of carbonyl (C=O) groups is 1. The first kappa shape index (κ1) is 34.8. The van der Waals surface area contributed by atoms with E-state index in [-0.39, 0.29) is 5.97 Å². The molecule has 0 aliphatic heterocycles. The number of hydrogen-bond acceptors (Lipinski definition) is 12. The molecule has 6 atom stereocenters. The minimum absolute atomic E-state index is 0.0914. The van der Waals surface area contributed by atoms with Crippen LogP contribution in [-0.4, -0.2) is 79.0 Å². The van der Waals surface area contributed by atoms with E-state index in [1.165, 1.54) is 0 Å². The van der Waals surface area contributed by atoms with Crippen LogP contribution in [0.15, 0.2) is 41.4 Å². The molecule has 2 aliphatic rings. The number of nitrogens with one attached hydrogen (secondary N) is 2. The first-order chi connectivity index (χ1) is 26.0. The zero-order valence-corrected chi connectivity index (χ0v) is 30.6. The number of H-pyrrole nitrogens is 2. The summed E-state index contributed by atoms with van der Waals surface area (Å²) in [4.78, 5) is 31.4. The second-order valence-electron chi connectivity index (χ2n) is 14.4. The lowest BCUT2D eigenvalue weighted by molar-refractivity contribution is -0.144. The summed E-state index contributed by atoms with van der Waals surface area (Å²) in [5, 5.41) is 21.7. The summed E-state index contributed by atoms with van der Waals surface area (Å²) in [6, 6.07) is 4.04. The van der Waals surface area contributed by atoms with Gasteiger partial charge in [0.1, 0.15) is 18.3 Å². The Balaban J connectivity index is 0.000000152. The molecule has 0 radical (unpaired) electrons. The van der Waals surface area contributed by atoms with Gasteiger partial charge in [0.25, 0.3) is 0 Å². The Labute approximate surface area is 305 Å². The van der Waals surface area contributed by atoms with E-state index in [2.05, 4.69) is 73.1 Å². The van der Waals surface area contributed by atoms with Crippen molar-refractivity contribution in [1.82, 2.24) is 59.3 Å². The quantitative estimate of drug-likeness (QED) is 0.149. The van der Waals surface area contributed by atoms with E-state index >= 15 is 0 Å². The lowest BCUT2D eigenvalue weighted by Gasteiger charge is -2.16. The molecule has 7 heterocycles. The molecule has 2 aliphatic carbocycles. The monoisotopic (exact) mass is 722 g/mol. The van der Waals surface area contributed by atoms with Crippen LogP contribution in [0.1, 0.15) is 101 Å². The Kier molecular flexibility index (Phi) is 9.86. The third-order valence-corrected chi connectivity index (χ3v) is 11.2. The van der Waals surface area contributed by atoms with E-state index in [1.54, 1.807) is 19.5 Å². The summed E-state index contributed by atoms with van der Waals surface area (Å²) >= 11 is 0. The number of aromatic amines is 2. The van der Waals surface area contributed by atoms with E-state index in [1.807, 2.05) is 31.5 Å². The molecule has 2 saturated carbocycles. The van der Waals surface area contributed by atoms with Crippen LogP contribution in [0.2, 0.25) is 0 Å². The van der Waals surface area contributed by atoms with Crippen LogP contribution in [0, 0.1) is 23.7 Å². The number of esters is 1. The molecule has 16 heteroatoms. The summed E-state index contributed by atoms with van der Waals surface area (Å²) < 4.78 is 19.9. The van der Waals surface area contributed by atoms with Crippen LogP contribution in [0.3, 0.4) is 0 Å². The summed E-state index contributed by atoms with van der Waals surface area (Å²) in [6.07, 6.45) is 14.9. The van der Waals surface area contributed by atoms with Gasteiger partial charge in [-0.2, -0.15) is 4.98 Å². The topological polar surface area (TPSA) is 192 Å². The fourth-order valence-corrected chi connectivity index (χ4v) is 8.89. The van der Waals surface area contributed by atoms with Gasteiger partial charge in [-0.25, -0.2) is 9.97 Å². The minimum atomic E-state index is -0.0914. The molecule has 7 aromatic rings. The molecule has 0 saturated heterocycles. The minimum Gasteiger partial charge on any atom is -0.466 e. The predicted octanol–water partition coefficient (Wildman–Crippen LogP) is 5.98.